The van der Waals surface area contributed by atoms with Gasteiger partial charge in [0, 0.05) is 18.2 Å². The van der Waals surface area contributed by atoms with Crippen LogP contribution in [0.2, 0.25) is 0 Å². The number of hydrogen-bond acceptors (Lipinski definition) is 3. The molecule has 0 radical (unpaired) electrons. The first-order valence-electron chi connectivity index (χ1n) is 6.39. The third-order valence-electron chi connectivity index (χ3n) is 3.34. The maximum Gasteiger partial charge on any atom is 0.240 e. The van der Waals surface area contributed by atoms with Crippen molar-refractivity contribution in [1.29, 1.82) is 0 Å². The van der Waals surface area contributed by atoms with Gasteiger partial charge in [0.2, 0.25) is 11.8 Å². The monoisotopic (exact) mass is 261 g/mol. The number of hydrogen-bond donors (Lipinski definition) is 2. The van der Waals surface area contributed by atoms with E-state index in [0.29, 0.717) is 6.42 Å². The molecule has 1 aromatic rings. The molecule has 1 fully saturated rings. The molecule has 1 heterocycles. The molecule has 19 heavy (non-hydrogen) atoms. The lowest BCUT2D eigenvalue weighted by Crippen LogP contribution is -2.42. The van der Waals surface area contributed by atoms with E-state index >= 15 is 0 Å². The zero-order valence-corrected chi connectivity index (χ0v) is 11.5. The van der Waals surface area contributed by atoms with Crippen molar-refractivity contribution in [3.05, 3.63) is 29.3 Å². The van der Waals surface area contributed by atoms with Gasteiger partial charge in [0.05, 0.1) is 6.54 Å². The summed E-state index contributed by atoms with van der Waals surface area (Å²) in [5, 5.41) is 4.58. The van der Waals surface area contributed by atoms with Gasteiger partial charge in [-0.05, 0) is 31.9 Å². The molecule has 0 aliphatic carbocycles. The predicted molar refractivity (Wildman–Crippen MR) is 73.5 cm³/mol. The van der Waals surface area contributed by atoms with Crippen LogP contribution in [0, 0.1) is 13.8 Å². The minimum absolute atomic E-state index is 0.0348. The molecular formula is C14H19N3O2. The van der Waals surface area contributed by atoms with Crippen LogP contribution < -0.4 is 10.7 Å². The van der Waals surface area contributed by atoms with E-state index in [9.17, 15) is 9.59 Å². The van der Waals surface area contributed by atoms with Gasteiger partial charge < -0.3 is 5.32 Å². The highest BCUT2D eigenvalue weighted by Crippen LogP contribution is 2.19. The number of anilines is 1. The molecule has 2 amide bonds. The minimum Gasteiger partial charge on any atom is -0.324 e. The molecule has 1 aliphatic heterocycles. The second kappa shape index (κ2) is 5.40. The highest BCUT2D eigenvalue weighted by atomic mass is 16.2. The van der Waals surface area contributed by atoms with E-state index in [4.69, 9.17) is 0 Å². The topological polar surface area (TPSA) is 61.4 Å². The predicted octanol–water partition coefficient (Wildman–Crippen LogP) is 1.37. The third kappa shape index (κ3) is 3.12. The Morgan fingerprint density at radius 3 is 2.58 bits per heavy atom. The van der Waals surface area contributed by atoms with Crippen molar-refractivity contribution < 1.29 is 9.59 Å². The summed E-state index contributed by atoms with van der Waals surface area (Å²) < 4.78 is 0. The fourth-order valence-corrected chi connectivity index (χ4v) is 2.24. The van der Waals surface area contributed by atoms with E-state index in [2.05, 4.69) is 10.7 Å². The number of carbonyl (C=O) groups excluding carboxylic acids is 2. The first-order valence-corrected chi connectivity index (χ1v) is 6.39. The van der Waals surface area contributed by atoms with Gasteiger partial charge in [0.15, 0.2) is 0 Å². The van der Waals surface area contributed by atoms with Crippen LogP contribution in [0.3, 0.4) is 0 Å². The van der Waals surface area contributed by atoms with E-state index < -0.39 is 0 Å². The van der Waals surface area contributed by atoms with Gasteiger partial charge in [0.25, 0.3) is 0 Å². The number of benzene rings is 1. The highest BCUT2D eigenvalue weighted by molar-refractivity contribution is 5.94. The number of nitrogens with zero attached hydrogens (tertiary/aromatic N) is 1. The van der Waals surface area contributed by atoms with Gasteiger partial charge in [-0.25, -0.2) is 5.01 Å². The summed E-state index contributed by atoms with van der Waals surface area (Å²) in [6.45, 7) is 6.01. The summed E-state index contributed by atoms with van der Waals surface area (Å²) in [5.74, 6) is -0.154. The molecule has 1 atom stereocenters. The second-order valence-corrected chi connectivity index (χ2v) is 5.03. The molecule has 1 saturated heterocycles. The summed E-state index contributed by atoms with van der Waals surface area (Å²) >= 11 is 0. The Morgan fingerprint density at radius 2 is 2.05 bits per heavy atom. The number of carbonyl (C=O) groups is 2. The zero-order chi connectivity index (χ0) is 14.0. The molecule has 2 N–H and O–H groups in total. The van der Waals surface area contributed by atoms with Crippen molar-refractivity contribution in [1.82, 2.24) is 10.4 Å². The molecule has 0 saturated carbocycles. The number of hydrazine groups is 1. The number of rotatable bonds is 3. The smallest absolute Gasteiger partial charge is 0.240 e. The third-order valence-corrected chi connectivity index (χ3v) is 3.34. The summed E-state index contributed by atoms with van der Waals surface area (Å²) in [4.78, 5) is 23.2. The quantitative estimate of drug-likeness (QED) is 0.864. The van der Waals surface area contributed by atoms with E-state index in [1.807, 2.05) is 39.0 Å². The Balaban J connectivity index is 2.00. The van der Waals surface area contributed by atoms with E-state index in [1.54, 1.807) is 5.01 Å². The fraction of sp³-hybridized carbons (Fsp3) is 0.429. The Morgan fingerprint density at radius 1 is 1.42 bits per heavy atom. The number of para-hydroxylation sites is 1. The lowest BCUT2D eigenvalue weighted by molar-refractivity contribution is -0.122. The van der Waals surface area contributed by atoms with Crippen molar-refractivity contribution in [3.8, 4) is 0 Å². The molecular weight excluding hydrogens is 242 g/mol. The van der Waals surface area contributed by atoms with Gasteiger partial charge in [0.1, 0.15) is 0 Å². The van der Waals surface area contributed by atoms with Crippen LogP contribution in [-0.4, -0.2) is 29.4 Å². The molecule has 1 aliphatic rings. The van der Waals surface area contributed by atoms with Crippen molar-refractivity contribution in [2.45, 2.75) is 33.2 Å². The average Bonchev–Trinajstić information content (AvgIpc) is 2.63. The maximum absolute atomic E-state index is 12.0. The van der Waals surface area contributed by atoms with Gasteiger partial charge in [-0.3, -0.25) is 15.0 Å². The van der Waals surface area contributed by atoms with Crippen LogP contribution in [0.4, 0.5) is 5.69 Å². The molecule has 102 valence electrons. The molecule has 0 spiro atoms. The van der Waals surface area contributed by atoms with Crippen LogP contribution >= 0.6 is 0 Å². The first kappa shape index (κ1) is 13.5. The van der Waals surface area contributed by atoms with E-state index in [1.165, 1.54) is 0 Å². The van der Waals surface area contributed by atoms with Crippen molar-refractivity contribution in [3.63, 3.8) is 0 Å². The Kier molecular flexibility index (Phi) is 3.85. The summed E-state index contributed by atoms with van der Waals surface area (Å²) in [5.41, 5.74) is 5.60. The number of aryl methyl sites for hydroxylation is 2. The standard InChI is InChI=1S/C14H19N3O2/c1-9-5-4-6-10(2)14(9)15-13(19)8-17-11(3)7-12(18)16-17/h4-6,11H,7-8H2,1-3H3,(H,15,19)(H,16,18)/t11-/m0/s1. The molecule has 5 heteroatoms. The molecule has 0 aromatic heterocycles. The van der Waals surface area contributed by atoms with Gasteiger partial charge in [-0.1, -0.05) is 18.2 Å². The van der Waals surface area contributed by atoms with E-state index in [-0.39, 0.29) is 24.4 Å². The van der Waals surface area contributed by atoms with E-state index in [0.717, 1.165) is 16.8 Å². The lowest BCUT2D eigenvalue weighted by Gasteiger charge is -2.20. The van der Waals surface area contributed by atoms with Crippen LogP contribution in [0.5, 0.6) is 0 Å². The molecule has 2 rings (SSSR count). The van der Waals surface area contributed by atoms with Crippen LogP contribution in [0.15, 0.2) is 18.2 Å². The van der Waals surface area contributed by atoms with Gasteiger partial charge in [-0.2, -0.15) is 0 Å². The SMILES string of the molecule is Cc1cccc(C)c1NC(=O)CN1NC(=O)C[C@@H]1C. The van der Waals surface area contributed by atoms with Gasteiger partial charge >= 0.3 is 0 Å². The first-order chi connectivity index (χ1) is 8.97. The lowest BCUT2D eigenvalue weighted by atomic mass is 10.1. The molecule has 1 aromatic carbocycles. The second-order valence-electron chi connectivity index (χ2n) is 5.03. The number of amides is 2. The minimum atomic E-state index is -0.119. The Labute approximate surface area is 112 Å². The van der Waals surface area contributed by atoms with Crippen molar-refractivity contribution >= 4 is 17.5 Å². The normalized spacial score (nSPS) is 19.3. The van der Waals surface area contributed by atoms with Gasteiger partial charge in [-0.15, -0.1) is 0 Å². The Hall–Kier alpha value is -1.88. The summed E-state index contributed by atoms with van der Waals surface area (Å²) in [6, 6.07) is 5.94. The summed E-state index contributed by atoms with van der Waals surface area (Å²) in [6.07, 6.45) is 0.441. The highest BCUT2D eigenvalue weighted by Gasteiger charge is 2.27. The van der Waals surface area contributed by atoms with Crippen LogP contribution in [0.1, 0.15) is 24.5 Å². The van der Waals surface area contributed by atoms with Crippen molar-refractivity contribution in [2.75, 3.05) is 11.9 Å². The van der Waals surface area contributed by atoms with Crippen LogP contribution in [-0.2, 0) is 9.59 Å². The maximum atomic E-state index is 12.0. The fourth-order valence-electron chi connectivity index (χ4n) is 2.24. The molecule has 5 nitrogen and oxygen atoms in total. The molecule has 0 bridgehead atoms. The zero-order valence-electron chi connectivity index (χ0n) is 11.5. The largest absolute Gasteiger partial charge is 0.324 e. The Bertz CT molecular complexity index is 493. The molecule has 0 unspecified atom stereocenters. The summed E-state index contributed by atoms with van der Waals surface area (Å²) in [7, 11) is 0. The van der Waals surface area contributed by atoms with Crippen molar-refractivity contribution in [2.24, 2.45) is 0 Å². The average molecular weight is 261 g/mol. The number of nitrogens with one attached hydrogen (secondary N) is 2. The van der Waals surface area contributed by atoms with Crippen LogP contribution in [0.25, 0.3) is 0 Å².